The first kappa shape index (κ1) is 20.5. The van der Waals surface area contributed by atoms with Gasteiger partial charge in [-0.25, -0.2) is 13.8 Å². The van der Waals surface area contributed by atoms with Gasteiger partial charge in [0, 0.05) is 29.8 Å². The molecular weight excluding hydrogens is 390 g/mol. The molecule has 2 aliphatic carbocycles. The lowest BCUT2D eigenvalue weighted by Crippen LogP contribution is -2.40. The number of ether oxygens (including phenoxy) is 1. The van der Waals surface area contributed by atoms with E-state index in [1.165, 1.54) is 22.9 Å². The standard InChI is InChI=1S/C21H29N3O4S/c1-20(2)16-7-8-21(20,3)18(14-16)22-23-19(25)15-5-4-6-17(13-15)29(26,27)24-9-11-28-12-10-24/h4-6,13,16H,7-12,14H2,1-3H3,(H,23,25)/b22-18+/t16-,21+/m1/s1. The fourth-order valence-corrected chi connectivity index (χ4v) is 6.47. The Morgan fingerprint density at radius 3 is 2.59 bits per heavy atom. The van der Waals surface area contributed by atoms with Gasteiger partial charge in [0.05, 0.1) is 18.1 Å². The molecule has 7 nitrogen and oxygen atoms in total. The lowest BCUT2D eigenvalue weighted by atomic mass is 9.70. The summed E-state index contributed by atoms with van der Waals surface area (Å²) in [6, 6.07) is 6.15. The number of carbonyl (C=O) groups is 1. The van der Waals surface area contributed by atoms with Crippen LogP contribution in [0.3, 0.4) is 0 Å². The number of sulfonamides is 1. The lowest BCUT2D eigenvalue weighted by molar-refractivity contribution is 0.0730. The maximum Gasteiger partial charge on any atom is 0.271 e. The van der Waals surface area contributed by atoms with Gasteiger partial charge in [0.15, 0.2) is 0 Å². The average molecular weight is 420 g/mol. The van der Waals surface area contributed by atoms with Crippen molar-refractivity contribution in [2.75, 3.05) is 26.3 Å². The summed E-state index contributed by atoms with van der Waals surface area (Å²) in [6.07, 6.45) is 3.21. The number of nitrogens with zero attached hydrogens (tertiary/aromatic N) is 2. The smallest absolute Gasteiger partial charge is 0.271 e. The lowest BCUT2D eigenvalue weighted by Gasteiger charge is -2.34. The van der Waals surface area contributed by atoms with Gasteiger partial charge in [0.2, 0.25) is 10.0 Å². The molecule has 1 aromatic carbocycles. The van der Waals surface area contributed by atoms with Crippen molar-refractivity contribution in [3.05, 3.63) is 29.8 Å². The number of nitrogens with one attached hydrogen (secondary N) is 1. The molecule has 158 valence electrons. The van der Waals surface area contributed by atoms with Crippen molar-refractivity contribution < 1.29 is 17.9 Å². The van der Waals surface area contributed by atoms with Crippen LogP contribution in [-0.2, 0) is 14.8 Å². The summed E-state index contributed by atoms with van der Waals surface area (Å²) < 4.78 is 32.3. The molecule has 8 heteroatoms. The van der Waals surface area contributed by atoms with E-state index >= 15 is 0 Å². The summed E-state index contributed by atoms with van der Waals surface area (Å²) in [7, 11) is -3.64. The van der Waals surface area contributed by atoms with Crippen molar-refractivity contribution in [2.24, 2.45) is 21.8 Å². The SMILES string of the molecule is CC1(C)[C@@H]2CC[C@@]1(C)/C(=N/NC(=O)c1cccc(S(=O)(=O)N3CCOCC3)c1)C2. The van der Waals surface area contributed by atoms with Crippen LogP contribution in [0.25, 0.3) is 0 Å². The van der Waals surface area contributed by atoms with Gasteiger partial charge in [0.25, 0.3) is 5.91 Å². The monoisotopic (exact) mass is 419 g/mol. The molecule has 2 saturated carbocycles. The summed E-state index contributed by atoms with van der Waals surface area (Å²) in [5.41, 5.74) is 4.19. The Morgan fingerprint density at radius 2 is 1.97 bits per heavy atom. The topological polar surface area (TPSA) is 88.1 Å². The summed E-state index contributed by atoms with van der Waals surface area (Å²) in [5, 5.41) is 4.47. The zero-order chi connectivity index (χ0) is 20.9. The fourth-order valence-electron chi connectivity index (χ4n) is 5.01. The summed E-state index contributed by atoms with van der Waals surface area (Å²) >= 11 is 0. The van der Waals surface area contributed by atoms with Crippen LogP contribution in [0.5, 0.6) is 0 Å². The van der Waals surface area contributed by atoms with Gasteiger partial charge in [-0.15, -0.1) is 0 Å². The third kappa shape index (κ3) is 3.31. The van der Waals surface area contributed by atoms with Gasteiger partial charge in [-0.1, -0.05) is 26.8 Å². The molecule has 1 N–H and O–H groups in total. The first-order valence-electron chi connectivity index (χ1n) is 10.2. The molecule has 2 atom stereocenters. The number of benzene rings is 1. The van der Waals surface area contributed by atoms with E-state index in [1.807, 2.05) is 0 Å². The molecule has 0 radical (unpaired) electrons. The van der Waals surface area contributed by atoms with E-state index in [4.69, 9.17) is 4.74 Å². The zero-order valence-corrected chi connectivity index (χ0v) is 18.1. The van der Waals surface area contributed by atoms with Gasteiger partial charge in [-0.3, -0.25) is 4.79 Å². The van der Waals surface area contributed by atoms with Crippen molar-refractivity contribution in [2.45, 2.75) is 44.9 Å². The Labute approximate surface area is 172 Å². The molecule has 3 aliphatic rings. The van der Waals surface area contributed by atoms with Crippen LogP contribution < -0.4 is 5.43 Å². The number of morpholine rings is 1. The first-order chi connectivity index (χ1) is 13.7. The third-order valence-electron chi connectivity index (χ3n) is 7.51. The van der Waals surface area contributed by atoms with Crippen LogP contribution in [0.15, 0.2) is 34.3 Å². The Bertz CT molecular complexity index is 950. The van der Waals surface area contributed by atoms with Crippen LogP contribution in [0.2, 0.25) is 0 Å². The van der Waals surface area contributed by atoms with Gasteiger partial charge in [-0.05, 0) is 48.8 Å². The van der Waals surface area contributed by atoms with E-state index in [0.717, 1.165) is 18.6 Å². The number of hydrogen-bond acceptors (Lipinski definition) is 5. The van der Waals surface area contributed by atoms with Crippen molar-refractivity contribution in [1.82, 2.24) is 9.73 Å². The van der Waals surface area contributed by atoms with E-state index < -0.39 is 10.0 Å². The average Bonchev–Trinajstić information content (AvgIpc) is 3.06. The highest BCUT2D eigenvalue weighted by molar-refractivity contribution is 7.89. The largest absolute Gasteiger partial charge is 0.379 e. The van der Waals surface area contributed by atoms with Crippen LogP contribution in [0, 0.1) is 16.7 Å². The van der Waals surface area contributed by atoms with Gasteiger partial charge >= 0.3 is 0 Å². The Hall–Kier alpha value is -1.77. The van der Waals surface area contributed by atoms with Crippen molar-refractivity contribution in [3.8, 4) is 0 Å². The predicted molar refractivity (Wildman–Crippen MR) is 110 cm³/mol. The molecule has 2 bridgehead atoms. The van der Waals surface area contributed by atoms with Crippen molar-refractivity contribution in [1.29, 1.82) is 0 Å². The quantitative estimate of drug-likeness (QED) is 0.760. The van der Waals surface area contributed by atoms with Crippen LogP contribution in [0.4, 0.5) is 0 Å². The maximum absolute atomic E-state index is 12.8. The molecule has 3 fully saturated rings. The number of amides is 1. The molecule has 1 heterocycles. The minimum Gasteiger partial charge on any atom is -0.379 e. The molecule has 0 aromatic heterocycles. The van der Waals surface area contributed by atoms with E-state index in [0.29, 0.717) is 32.2 Å². The van der Waals surface area contributed by atoms with Crippen LogP contribution in [0.1, 0.15) is 50.4 Å². The molecule has 1 amide bonds. The molecule has 4 rings (SSSR count). The minimum absolute atomic E-state index is 0.00642. The normalized spacial score (nSPS) is 30.6. The molecule has 1 aliphatic heterocycles. The number of hydrogen-bond donors (Lipinski definition) is 1. The number of fused-ring (bicyclic) bond motifs is 2. The van der Waals surface area contributed by atoms with Gasteiger partial charge in [0.1, 0.15) is 0 Å². The molecule has 1 aromatic rings. The Morgan fingerprint density at radius 1 is 1.24 bits per heavy atom. The highest BCUT2D eigenvalue weighted by Gasteiger charge is 2.60. The Kier molecular flexibility index (Phi) is 5.07. The van der Waals surface area contributed by atoms with E-state index in [2.05, 4.69) is 31.3 Å². The maximum atomic E-state index is 12.8. The van der Waals surface area contributed by atoms with Crippen molar-refractivity contribution in [3.63, 3.8) is 0 Å². The summed E-state index contributed by atoms with van der Waals surface area (Å²) in [5.74, 6) is 0.214. The predicted octanol–water partition coefficient (Wildman–Crippen LogP) is 2.64. The summed E-state index contributed by atoms with van der Waals surface area (Å²) in [6.45, 7) is 8.22. The minimum atomic E-state index is -3.64. The second-order valence-corrected chi connectivity index (χ2v) is 11.0. The molecule has 0 spiro atoms. The van der Waals surface area contributed by atoms with E-state index in [-0.39, 0.29) is 27.2 Å². The Balaban J connectivity index is 1.51. The third-order valence-corrected chi connectivity index (χ3v) is 9.40. The number of rotatable bonds is 4. The second kappa shape index (κ2) is 7.18. The fraction of sp³-hybridized carbons (Fsp3) is 0.619. The van der Waals surface area contributed by atoms with Crippen LogP contribution in [-0.4, -0.2) is 50.6 Å². The zero-order valence-electron chi connectivity index (χ0n) is 17.3. The molecular formula is C21H29N3O4S. The summed E-state index contributed by atoms with van der Waals surface area (Å²) in [4.78, 5) is 12.8. The highest BCUT2D eigenvalue weighted by atomic mass is 32.2. The first-order valence-corrected chi connectivity index (χ1v) is 11.7. The molecule has 0 unspecified atom stereocenters. The van der Waals surface area contributed by atoms with E-state index in [9.17, 15) is 13.2 Å². The van der Waals surface area contributed by atoms with Crippen LogP contribution >= 0.6 is 0 Å². The molecule has 1 saturated heterocycles. The molecule has 29 heavy (non-hydrogen) atoms. The number of hydrazone groups is 1. The highest BCUT2D eigenvalue weighted by Crippen LogP contribution is 2.63. The van der Waals surface area contributed by atoms with Gasteiger partial charge < -0.3 is 4.74 Å². The van der Waals surface area contributed by atoms with Gasteiger partial charge in [-0.2, -0.15) is 9.41 Å². The second-order valence-electron chi connectivity index (χ2n) is 9.04. The van der Waals surface area contributed by atoms with E-state index in [1.54, 1.807) is 12.1 Å². The number of carbonyl (C=O) groups excluding carboxylic acids is 1. The van der Waals surface area contributed by atoms with Crippen molar-refractivity contribution >= 4 is 21.6 Å².